The molecule has 11 aromatic rings. The number of hydrogen-bond donors (Lipinski definition) is 0. The van der Waals surface area contributed by atoms with Gasteiger partial charge in [-0.2, -0.15) is 0 Å². The molecule has 0 N–H and O–H groups in total. The Bertz CT molecular complexity index is 3270. The van der Waals surface area contributed by atoms with E-state index < -0.39 is 0 Å². The molecule has 0 bridgehead atoms. The van der Waals surface area contributed by atoms with E-state index in [1.807, 2.05) is 6.07 Å². The molecular formula is C58H39NO. The van der Waals surface area contributed by atoms with Gasteiger partial charge in [0.15, 0.2) is 0 Å². The quantitative estimate of drug-likeness (QED) is 0.153. The van der Waals surface area contributed by atoms with E-state index >= 15 is 0 Å². The van der Waals surface area contributed by atoms with Crippen molar-refractivity contribution in [2.75, 3.05) is 4.90 Å². The van der Waals surface area contributed by atoms with E-state index in [9.17, 15) is 0 Å². The third kappa shape index (κ3) is 6.41. The third-order valence-corrected chi connectivity index (χ3v) is 11.7. The molecule has 0 amide bonds. The maximum Gasteiger partial charge on any atom is 0.143 e. The second-order valence-electron chi connectivity index (χ2n) is 15.3. The normalized spacial score (nSPS) is 11.3. The van der Waals surface area contributed by atoms with Crippen LogP contribution in [0.25, 0.3) is 88.3 Å². The highest BCUT2D eigenvalue weighted by molar-refractivity contribution is 6.13. The number of para-hydroxylation sites is 2. The summed E-state index contributed by atoms with van der Waals surface area (Å²) in [5, 5.41) is 4.66. The molecule has 1 aromatic heterocycles. The summed E-state index contributed by atoms with van der Waals surface area (Å²) in [4.78, 5) is 2.38. The summed E-state index contributed by atoms with van der Waals surface area (Å²) >= 11 is 0. The lowest BCUT2D eigenvalue weighted by molar-refractivity contribution is 0.670. The fourth-order valence-corrected chi connectivity index (χ4v) is 8.70. The highest BCUT2D eigenvalue weighted by Gasteiger charge is 2.20. The molecule has 60 heavy (non-hydrogen) atoms. The number of anilines is 3. The molecular weight excluding hydrogens is 727 g/mol. The van der Waals surface area contributed by atoms with Crippen molar-refractivity contribution in [3.8, 4) is 55.6 Å². The van der Waals surface area contributed by atoms with Crippen LogP contribution in [-0.4, -0.2) is 0 Å². The van der Waals surface area contributed by atoms with Crippen LogP contribution in [0.1, 0.15) is 0 Å². The van der Waals surface area contributed by atoms with Crippen molar-refractivity contribution in [3.63, 3.8) is 0 Å². The number of benzene rings is 10. The van der Waals surface area contributed by atoms with E-state index in [1.54, 1.807) is 0 Å². The van der Waals surface area contributed by atoms with Crippen LogP contribution in [-0.2, 0) is 0 Å². The second-order valence-corrected chi connectivity index (χ2v) is 15.3. The maximum absolute atomic E-state index is 6.70. The van der Waals surface area contributed by atoms with E-state index in [0.29, 0.717) is 0 Å². The topological polar surface area (TPSA) is 16.4 Å². The van der Waals surface area contributed by atoms with Gasteiger partial charge in [0.2, 0.25) is 0 Å². The summed E-state index contributed by atoms with van der Waals surface area (Å²) in [6, 6.07) is 84.8. The van der Waals surface area contributed by atoms with Gasteiger partial charge in [-0.25, -0.2) is 0 Å². The van der Waals surface area contributed by atoms with Crippen molar-refractivity contribution in [2.45, 2.75) is 0 Å². The van der Waals surface area contributed by atoms with Crippen molar-refractivity contribution < 1.29 is 4.42 Å². The summed E-state index contributed by atoms with van der Waals surface area (Å²) in [6.45, 7) is 0. The first-order chi connectivity index (χ1) is 29.7. The number of hydrogen-bond acceptors (Lipinski definition) is 2. The number of furan rings is 1. The summed E-state index contributed by atoms with van der Waals surface area (Å²) in [6.07, 6.45) is 0. The Morgan fingerprint density at radius 2 is 0.800 bits per heavy atom. The lowest BCUT2D eigenvalue weighted by atomic mass is 9.91. The minimum atomic E-state index is 0.893. The SMILES string of the molecule is c1ccc(-c2ccc(-c3ccc(N(c4ccc(-c5ccc6c(oc7ccccc76)c5-c5ccc6ccccc6c5)cc4)c4ccccc4-c4ccccc4)cc3)cc2)cc1. The zero-order valence-electron chi connectivity index (χ0n) is 32.9. The van der Waals surface area contributed by atoms with Crippen LogP contribution in [0, 0.1) is 0 Å². The summed E-state index contributed by atoms with van der Waals surface area (Å²) in [7, 11) is 0. The van der Waals surface area contributed by atoms with Crippen LogP contribution in [0.4, 0.5) is 17.1 Å². The second kappa shape index (κ2) is 15.1. The van der Waals surface area contributed by atoms with Crippen LogP contribution in [0.5, 0.6) is 0 Å². The Morgan fingerprint density at radius 1 is 0.300 bits per heavy atom. The molecule has 0 aliphatic rings. The molecule has 0 radical (unpaired) electrons. The Balaban J connectivity index is 1.02. The van der Waals surface area contributed by atoms with Gasteiger partial charge in [0.05, 0.1) is 5.69 Å². The average molecular weight is 766 g/mol. The number of fused-ring (bicyclic) bond motifs is 4. The molecule has 0 saturated heterocycles. The van der Waals surface area contributed by atoms with E-state index in [1.165, 1.54) is 38.6 Å². The molecule has 0 atom stereocenters. The molecule has 1 heterocycles. The molecule has 282 valence electrons. The first kappa shape index (κ1) is 35.2. The lowest BCUT2D eigenvalue weighted by Crippen LogP contribution is -2.11. The summed E-state index contributed by atoms with van der Waals surface area (Å²) in [5.74, 6) is 0. The fraction of sp³-hybridized carbons (Fsp3) is 0. The first-order valence-electron chi connectivity index (χ1n) is 20.5. The molecule has 2 nitrogen and oxygen atoms in total. The van der Waals surface area contributed by atoms with Gasteiger partial charge in [-0.3, -0.25) is 0 Å². The minimum Gasteiger partial charge on any atom is -0.455 e. The molecule has 0 aliphatic heterocycles. The van der Waals surface area contributed by atoms with E-state index in [-0.39, 0.29) is 0 Å². The van der Waals surface area contributed by atoms with Crippen LogP contribution < -0.4 is 4.90 Å². The van der Waals surface area contributed by atoms with Gasteiger partial charge < -0.3 is 9.32 Å². The van der Waals surface area contributed by atoms with E-state index in [4.69, 9.17) is 4.42 Å². The number of rotatable bonds is 8. The van der Waals surface area contributed by atoms with Gasteiger partial charge in [0, 0.05) is 33.3 Å². The maximum atomic E-state index is 6.70. The predicted octanol–water partition coefficient (Wildman–Crippen LogP) is 16.5. The molecule has 10 aromatic carbocycles. The Kier molecular flexibility index (Phi) is 8.87. The zero-order valence-corrected chi connectivity index (χ0v) is 32.9. The van der Waals surface area contributed by atoms with Gasteiger partial charge in [0.1, 0.15) is 11.2 Å². The summed E-state index contributed by atoms with van der Waals surface area (Å²) in [5.41, 5.74) is 16.7. The highest BCUT2D eigenvalue weighted by atomic mass is 16.3. The molecule has 11 rings (SSSR count). The highest BCUT2D eigenvalue weighted by Crippen LogP contribution is 2.45. The molecule has 0 spiro atoms. The monoisotopic (exact) mass is 765 g/mol. The van der Waals surface area contributed by atoms with Crippen LogP contribution in [0.3, 0.4) is 0 Å². The van der Waals surface area contributed by atoms with E-state index in [0.717, 1.165) is 66.8 Å². The van der Waals surface area contributed by atoms with Gasteiger partial charge in [-0.1, -0.05) is 188 Å². The fourth-order valence-electron chi connectivity index (χ4n) is 8.70. The zero-order chi connectivity index (χ0) is 39.8. The standard InChI is InChI=1S/C58H39NO/c1-3-13-40(14-4-1)42-23-25-43(26-24-42)44-29-33-49(34-30-44)59(55-21-11-9-19-51(55)45-16-5-2-6-17-45)50-35-31-46(32-36-50)52-37-38-54-53-20-10-12-22-56(53)60-58(54)57(52)48-28-27-41-15-7-8-18-47(41)39-48/h1-39H. The minimum absolute atomic E-state index is 0.893. The summed E-state index contributed by atoms with van der Waals surface area (Å²) < 4.78 is 6.70. The molecule has 2 heteroatoms. The van der Waals surface area contributed by atoms with Crippen LogP contribution >= 0.6 is 0 Å². The van der Waals surface area contributed by atoms with Gasteiger partial charge in [-0.15, -0.1) is 0 Å². The van der Waals surface area contributed by atoms with Crippen molar-refractivity contribution >= 4 is 49.8 Å². The third-order valence-electron chi connectivity index (χ3n) is 11.7. The first-order valence-corrected chi connectivity index (χ1v) is 20.5. The van der Waals surface area contributed by atoms with Gasteiger partial charge in [0.25, 0.3) is 0 Å². The van der Waals surface area contributed by atoms with Crippen molar-refractivity contribution in [1.29, 1.82) is 0 Å². The van der Waals surface area contributed by atoms with Crippen molar-refractivity contribution in [1.82, 2.24) is 0 Å². The Labute approximate surface area is 349 Å². The van der Waals surface area contributed by atoms with Crippen molar-refractivity contribution in [3.05, 3.63) is 237 Å². The smallest absolute Gasteiger partial charge is 0.143 e. The average Bonchev–Trinajstić information content (AvgIpc) is 3.71. The van der Waals surface area contributed by atoms with Gasteiger partial charge >= 0.3 is 0 Å². The number of nitrogens with zero attached hydrogens (tertiary/aromatic N) is 1. The Morgan fingerprint density at radius 3 is 1.50 bits per heavy atom. The molecule has 0 unspecified atom stereocenters. The Hall–Kier alpha value is -7.94. The predicted molar refractivity (Wildman–Crippen MR) is 253 cm³/mol. The van der Waals surface area contributed by atoms with E-state index in [2.05, 4.69) is 235 Å². The van der Waals surface area contributed by atoms with Crippen LogP contribution in [0.15, 0.2) is 241 Å². The molecule has 0 aliphatic carbocycles. The largest absolute Gasteiger partial charge is 0.455 e. The lowest BCUT2D eigenvalue weighted by Gasteiger charge is -2.28. The van der Waals surface area contributed by atoms with Crippen molar-refractivity contribution in [2.24, 2.45) is 0 Å². The van der Waals surface area contributed by atoms with Gasteiger partial charge in [-0.05, 0) is 104 Å². The van der Waals surface area contributed by atoms with Crippen LogP contribution in [0.2, 0.25) is 0 Å². The molecule has 0 saturated carbocycles. The molecule has 0 fully saturated rings.